The Morgan fingerprint density at radius 1 is 0.712 bits per heavy atom. The van der Waals surface area contributed by atoms with Gasteiger partial charge in [0.2, 0.25) is 0 Å². The topological polar surface area (TPSA) is 99.1 Å². The lowest BCUT2D eigenvalue weighted by atomic mass is 9.46. The number of allylic oxidation sites excluding steroid dienone is 2. The van der Waals surface area contributed by atoms with Gasteiger partial charge < -0.3 is 19.3 Å². The monoisotopic (exact) mass is 827 g/mol. The number of cyclic esters (lactones) is 1. The number of hydrogen-bond acceptors (Lipinski definition) is 7. The van der Waals surface area contributed by atoms with E-state index in [9.17, 15) is 19.5 Å². The number of esters is 3. The average Bonchev–Trinajstić information content (AvgIpc) is 3.54. The summed E-state index contributed by atoms with van der Waals surface area (Å²) in [5.41, 5.74) is 0.737. The molecule has 0 bridgehead atoms. The molecule has 0 aromatic rings. The number of unbranched alkanes of at least 4 members (excludes halogenated alkanes) is 24. The van der Waals surface area contributed by atoms with Gasteiger partial charge in [-0.1, -0.05) is 200 Å². The summed E-state index contributed by atoms with van der Waals surface area (Å²) in [6.07, 6.45) is 38.1. The highest BCUT2D eigenvalue weighted by Gasteiger charge is 2.59. The molecule has 59 heavy (non-hydrogen) atoms. The third-order valence-corrected chi connectivity index (χ3v) is 14.6. The van der Waals surface area contributed by atoms with E-state index in [1.165, 1.54) is 128 Å². The van der Waals surface area contributed by atoms with Crippen LogP contribution in [0.25, 0.3) is 0 Å². The van der Waals surface area contributed by atoms with Gasteiger partial charge in [0.05, 0.1) is 5.57 Å². The second kappa shape index (κ2) is 29.2. The largest absolute Gasteiger partial charge is 0.465 e. The van der Waals surface area contributed by atoms with E-state index in [4.69, 9.17) is 14.2 Å². The maximum absolute atomic E-state index is 13.4. The van der Waals surface area contributed by atoms with Gasteiger partial charge in [-0.15, -0.1) is 0 Å². The lowest BCUT2D eigenvalue weighted by Crippen LogP contribution is -2.58. The molecule has 340 valence electrons. The Labute approximate surface area is 362 Å². The van der Waals surface area contributed by atoms with Gasteiger partial charge in [-0.25, -0.2) is 4.79 Å². The van der Waals surface area contributed by atoms with Crippen LogP contribution < -0.4 is 0 Å². The van der Waals surface area contributed by atoms with Gasteiger partial charge in [-0.05, 0) is 62.2 Å². The van der Waals surface area contributed by atoms with Gasteiger partial charge >= 0.3 is 17.9 Å². The molecule has 6 unspecified atom stereocenters. The lowest BCUT2D eigenvalue weighted by molar-refractivity contribution is -0.193. The standard InChI is InChI=1S/C52H90O7/c1-6-8-10-12-14-16-18-20-22-24-26-28-30-32-48(54)58-41-52(5)46-37-34-42(3)44(36-35-43-45(53)40-57-50(43)56)51(46,4)39-38-47(52)59-49(55)33-31-29-27-25-23-21-19-17-15-13-11-9-7-2/h35,44-47,53H,3,6-34,36-41H2,1-2,4-5H3/b43-35-. The minimum Gasteiger partial charge on any atom is -0.465 e. The molecule has 3 aliphatic rings. The molecule has 0 radical (unpaired) electrons. The minimum atomic E-state index is -0.896. The van der Waals surface area contributed by atoms with Crippen molar-refractivity contribution in [2.45, 2.75) is 252 Å². The van der Waals surface area contributed by atoms with Crippen LogP contribution in [0.4, 0.5) is 0 Å². The van der Waals surface area contributed by atoms with Gasteiger partial charge in [0, 0.05) is 18.3 Å². The molecule has 2 aliphatic carbocycles. The van der Waals surface area contributed by atoms with Gasteiger partial charge in [0.15, 0.2) is 0 Å². The van der Waals surface area contributed by atoms with Crippen molar-refractivity contribution in [1.29, 1.82) is 0 Å². The number of rotatable bonds is 33. The fourth-order valence-corrected chi connectivity index (χ4v) is 10.8. The summed E-state index contributed by atoms with van der Waals surface area (Å²) in [4.78, 5) is 39.0. The lowest BCUT2D eigenvalue weighted by Gasteiger charge is -2.60. The van der Waals surface area contributed by atoms with E-state index in [0.717, 1.165) is 63.4 Å². The number of ether oxygens (including phenoxy) is 3. The zero-order chi connectivity index (χ0) is 42.8. The van der Waals surface area contributed by atoms with E-state index < -0.39 is 17.5 Å². The van der Waals surface area contributed by atoms with Crippen LogP contribution in [0.3, 0.4) is 0 Å². The van der Waals surface area contributed by atoms with Gasteiger partial charge in [0.1, 0.15) is 25.4 Å². The zero-order valence-electron chi connectivity index (χ0n) is 38.7. The van der Waals surface area contributed by atoms with E-state index in [0.29, 0.717) is 31.3 Å². The quantitative estimate of drug-likeness (QED) is 0.0231. The number of aliphatic hydroxyl groups excluding tert-OH is 1. The SMILES string of the molecule is C=C1CCC2C(C)(COC(=O)CCCCCCCCCCCCCCC)C(OC(=O)CCCCCCCCCCCCCCC)CCC2(C)C1C/C=C1\C(=O)OCC1O. The normalized spacial score (nSPS) is 26.2. The van der Waals surface area contributed by atoms with Crippen molar-refractivity contribution in [2.24, 2.45) is 22.7 Å². The predicted molar refractivity (Wildman–Crippen MR) is 242 cm³/mol. The van der Waals surface area contributed by atoms with Crippen molar-refractivity contribution in [1.82, 2.24) is 0 Å². The first-order valence-electron chi connectivity index (χ1n) is 25.1. The number of carbonyl (C=O) groups excluding carboxylic acids is 3. The molecule has 3 fully saturated rings. The van der Waals surface area contributed by atoms with Crippen LogP contribution in [0.1, 0.15) is 240 Å². The number of fused-ring (bicyclic) bond motifs is 1. The Bertz CT molecular complexity index is 1240. The van der Waals surface area contributed by atoms with E-state index in [1.54, 1.807) is 0 Å². The van der Waals surface area contributed by atoms with Crippen LogP contribution in [0, 0.1) is 22.7 Å². The molecule has 2 saturated carbocycles. The first-order valence-corrected chi connectivity index (χ1v) is 25.1. The molecular formula is C52H90O7. The van der Waals surface area contributed by atoms with Crippen molar-refractivity contribution < 1.29 is 33.7 Å². The van der Waals surface area contributed by atoms with E-state index >= 15 is 0 Å². The highest BCUT2D eigenvalue weighted by Crippen LogP contribution is 2.62. The van der Waals surface area contributed by atoms with Gasteiger partial charge in [-0.2, -0.15) is 0 Å². The Hall–Kier alpha value is -2.15. The Balaban J connectivity index is 1.50. The molecule has 3 rings (SSSR count). The third kappa shape index (κ3) is 18.0. The zero-order valence-corrected chi connectivity index (χ0v) is 38.7. The Morgan fingerprint density at radius 2 is 1.17 bits per heavy atom. The van der Waals surface area contributed by atoms with Crippen molar-refractivity contribution in [3.63, 3.8) is 0 Å². The molecule has 0 aromatic heterocycles. The van der Waals surface area contributed by atoms with Crippen molar-refractivity contribution in [3.8, 4) is 0 Å². The molecule has 6 atom stereocenters. The summed E-state index contributed by atoms with van der Waals surface area (Å²) in [6.45, 7) is 13.8. The Morgan fingerprint density at radius 3 is 1.63 bits per heavy atom. The summed E-state index contributed by atoms with van der Waals surface area (Å²) < 4.78 is 17.6. The average molecular weight is 827 g/mol. The van der Waals surface area contributed by atoms with Gasteiger partial charge in [0.25, 0.3) is 0 Å². The van der Waals surface area contributed by atoms with Crippen molar-refractivity contribution in [3.05, 3.63) is 23.8 Å². The summed E-state index contributed by atoms with van der Waals surface area (Å²) in [6, 6.07) is 0. The molecule has 0 amide bonds. The van der Waals surface area contributed by atoms with Crippen LogP contribution in [-0.2, 0) is 28.6 Å². The third-order valence-electron chi connectivity index (χ3n) is 14.6. The molecule has 7 heteroatoms. The molecule has 0 aromatic carbocycles. The van der Waals surface area contributed by atoms with Crippen molar-refractivity contribution >= 4 is 17.9 Å². The second-order valence-electron chi connectivity index (χ2n) is 19.5. The van der Waals surface area contributed by atoms with Crippen LogP contribution in [0.5, 0.6) is 0 Å². The van der Waals surface area contributed by atoms with Crippen LogP contribution in [0.2, 0.25) is 0 Å². The smallest absolute Gasteiger partial charge is 0.336 e. The molecule has 1 saturated heterocycles. The van der Waals surface area contributed by atoms with Crippen LogP contribution in [-0.4, -0.2) is 48.4 Å². The summed E-state index contributed by atoms with van der Waals surface area (Å²) in [5, 5.41) is 10.4. The van der Waals surface area contributed by atoms with Crippen LogP contribution in [0.15, 0.2) is 23.8 Å². The highest BCUT2D eigenvalue weighted by atomic mass is 16.6. The molecule has 0 spiro atoms. The Kier molecular flexibility index (Phi) is 25.3. The van der Waals surface area contributed by atoms with E-state index in [1.807, 2.05) is 6.08 Å². The van der Waals surface area contributed by atoms with Crippen molar-refractivity contribution in [2.75, 3.05) is 13.2 Å². The van der Waals surface area contributed by atoms with E-state index in [2.05, 4.69) is 34.3 Å². The number of aliphatic hydroxyl groups is 1. The molecule has 1 heterocycles. The van der Waals surface area contributed by atoms with Crippen LogP contribution >= 0.6 is 0 Å². The predicted octanol–water partition coefficient (Wildman–Crippen LogP) is 14.0. The molecule has 7 nitrogen and oxygen atoms in total. The fraction of sp³-hybridized carbons (Fsp3) is 0.865. The summed E-state index contributed by atoms with van der Waals surface area (Å²) in [7, 11) is 0. The summed E-state index contributed by atoms with van der Waals surface area (Å²) in [5.74, 6) is -0.538. The maximum Gasteiger partial charge on any atom is 0.336 e. The number of carbonyl (C=O) groups is 3. The minimum absolute atomic E-state index is 0.00523. The molecule has 1 N–H and O–H groups in total. The second-order valence-corrected chi connectivity index (χ2v) is 19.5. The van der Waals surface area contributed by atoms with Gasteiger partial charge in [-0.3, -0.25) is 9.59 Å². The van der Waals surface area contributed by atoms with E-state index in [-0.39, 0.29) is 48.5 Å². The summed E-state index contributed by atoms with van der Waals surface area (Å²) >= 11 is 0. The number of hydrogen-bond donors (Lipinski definition) is 1. The first-order chi connectivity index (χ1) is 28.6. The maximum atomic E-state index is 13.4. The first kappa shape index (κ1) is 51.2. The molecule has 1 aliphatic heterocycles. The fourth-order valence-electron chi connectivity index (χ4n) is 10.8. The highest BCUT2D eigenvalue weighted by molar-refractivity contribution is 5.91. The molecular weight excluding hydrogens is 737 g/mol.